The predicted octanol–water partition coefficient (Wildman–Crippen LogP) is 2.92. The lowest BCUT2D eigenvalue weighted by Crippen LogP contribution is -2.25. The average Bonchev–Trinajstić information content (AvgIpc) is 2.58. The van der Waals surface area contributed by atoms with Crippen molar-refractivity contribution in [3.63, 3.8) is 0 Å². The van der Waals surface area contributed by atoms with Crippen molar-refractivity contribution in [1.29, 1.82) is 0 Å². The number of hydrogen-bond donors (Lipinski definition) is 1. The van der Waals surface area contributed by atoms with Crippen LogP contribution in [0.4, 0.5) is 10.5 Å². The molecule has 19 heavy (non-hydrogen) atoms. The largest absolute Gasteiger partial charge is 0.342 e. The van der Waals surface area contributed by atoms with Crippen molar-refractivity contribution < 1.29 is 4.79 Å². The zero-order valence-electron chi connectivity index (χ0n) is 10.5. The Balaban J connectivity index is 2.21. The Morgan fingerprint density at radius 3 is 2.47 bits per heavy atom. The highest BCUT2D eigenvalue weighted by molar-refractivity contribution is 6.18. The first kappa shape index (κ1) is 11.5. The maximum Gasteiger partial charge on any atom is 0.342 e. The van der Waals surface area contributed by atoms with Gasteiger partial charge in [0.15, 0.2) is 0 Å². The molecule has 1 aliphatic rings. The normalized spacial score (nSPS) is 14.3. The molecule has 0 unspecified atom stereocenters. The summed E-state index contributed by atoms with van der Waals surface area (Å²) >= 11 is 0. The van der Waals surface area contributed by atoms with Gasteiger partial charge in [-0.1, -0.05) is 48.5 Å². The minimum atomic E-state index is -0.238. The van der Waals surface area contributed by atoms with Gasteiger partial charge in [0.25, 0.3) is 0 Å². The van der Waals surface area contributed by atoms with Gasteiger partial charge in [-0.2, -0.15) is 5.10 Å². The highest BCUT2D eigenvalue weighted by Gasteiger charge is 2.20. The summed E-state index contributed by atoms with van der Waals surface area (Å²) in [5.41, 5.74) is 3.47. The first-order chi connectivity index (χ1) is 9.25. The molecule has 2 amide bonds. The molecule has 0 saturated carbocycles. The molecule has 0 spiro atoms. The van der Waals surface area contributed by atoms with Gasteiger partial charge in [-0.3, -0.25) is 0 Å². The van der Waals surface area contributed by atoms with E-state index < -0.39 is 0 Å². The van der Waals surface area contributed by atoms with E-state index in [1.165, 1.54) is 5.01 Å². The second-order valence-corrected chi connectivity index (χ2v) is 4.31. The van der Waals surface area contributed by atoms with Crippen LogP contribution in [0.2, 0.25) is 0 Å². The third-order valence-corrected chi connectivity index (χ3v) is 3.01. The number of rotatable bonds is 1. The van der Waals surface area contributed by atoms with E-state index in [0.29, 0.717) is 0 Å². The van der Waals surface area contributed by atoms with Gasteiger partial charge in [0.2, 0.25) is 0 Å². The molecule has 94 valence electrons. The van der Waals surface area contributed by atoms with Crippen LogP contribution in [0.1, 0.15) is 11.1 Å². The molecule has 0 atom stereocenters. The van der Waals surface area contributed by atoms with Crippen LogP contribution in [-0.2, 0) is 0 Å². The number of para-hydroxylation sites is 1. The lowest BCUT2D eigenvalue weighted by Gasteiger charge is -2.09. The van der Waals surface area contributed by atoms with E-state index in [-0.39, 0.29) is 6.03 Å². The Morgan fingerprint density at radius 1 is 1.00 bits per heavy atom. The van der Waals surface area contributed by atoms with Crippen molar-refractivity contribution in [2.45, 2.75) is 0 Å². The molecular weight excluding hydrogens is 238 g/mol. The molecule has 4 nitrogen and oxygen atoms in total. The molecule has 1 aliphatic heterocycles. The lowest BCUT2D eigenvalue weighted by atomic mass is 10.0. The Bertz CT molecular complexity index is 649. The van der Waals surface area contributed by atoms with Gasteiger partial charge < -0.3 is 5.32 Å². The molecule has 3 rings (SSSR count). The number of amides is 2. The van der Waals surface area contributed by atoms with Gasteiger partial charge in [0.05, 0.1) is 5.69 Å². The number of hydrogen-bond acceptors (Lipinski definition) is 2. The number of carbonyl (C=O) groups excluding carboxylic acids is 1. The Kier molecular flexibility index (Phi) is 2.76. The molecule has 4 heteroatoms. The van der Waals surface area contributed by atoms with Crippen molar-refractivity contribution in [2.24, 2.45) is 5.10 Å². The number of nitrogens with zero attached hydrogens (tertiary/aromatic N) is 2. The lowest BCUT2D eigenvalue weighted by molar-refractivity contribution is 0.225. The summed E-state index contributed by atoms with van der Waals surface area (Å²) in [4.78, 5) is 11.9. The molecule has 0 aromatic heterocycles. The van der Waals surface area contributed by atoms with E-state index in [1.54, 1.807) is 7.05 Å². The fourth-order valence-corrected chi connectivity index (χ4v) is 2.05. The molecule has 2 aromatic rings. The second-order valence-electron chi connectivity index (χ2n) is 4.31. The van der Waals surface area contributed by atoms with Crippen LogP contribution in [-0.4, -0.2) is 23.8 Å². The van der Waals surface area contributed by atoms with Crippen molar-refractivity contribution in [3.8, 4) is 0 Å². The summed E-state index contributed by atoms with van der Waals surface area (Å²) in [7, 11) is 1.64. The molecular formula is C15H13N3O. The minimum Gasteiger partial charge on any atom is -0.306 e. The number of benzene rings is 2. The Labute approximate surface area is 111 Å². The van der Waals surface area contributed by atoms with Crippen molar-refractivity contribution in [2.75, 3.05) is 12.4 Å². The standard InChI is InChI=1S/C15H13N3O/c1-18-15(19)16-13-10-6-5-9-12(13)14(17-18)11-7-3-2-4-8-11/h2-10H,1H3,(H,16,19). The van der Waals surface area contributed by atoms with Crippen molar-refractivity contribution in [1.82, 2.24) is 5.01 Å². The molecule has 0 radical (unpaired) electrons. The number of carbonyl (C=O) groups is 1. The maximum absolute atomic E-state index is 11.9. The molecule has 2 aromatic carbocycles. The summed E-state index contributed by atoms with van der Waals surface area (Å²) < 4.78 is 0. The smallest absolute Gasteiger partial charge is 0.306 e. The number of fused-ring (bicyclic) bond motifs is 1. The van der Waals surface area contributed by atoms with E-state index in [9.17, 15) is 4.79 Å². The zero-order valence-corrected chi connectivity index (χ0v) is 10.5. The zero-order chi connectivity index (χ0) is 13.2. The second kappa shape index (κ2) is 4.57. The molecule has 0 saturated heterocycles. The van der Waals surface area contributed by atoms with E-state index in [4.69, 9.17) is 0 Å². The van der Waals surface area contributed by atoms with Crippen LogP contribution in [0.15, 0.2) is 59.7 Å². The Morgan fingerprint density at radius 2 is 1.68 bits per heavy atom. The quantitative estimate of drug-likeness (QED) is 0.832. The predicted molar refractivity (Wildman–Crippen MR) is 75.3 cm³/mol. The Hall–Kier alpha value is -2.62. The average molecular weight is 251 g/mol. The van der Waals surface area contributed by atoms with Crippen LogP contribution in [0.5, 0.6) is 0 Å². The van der Waals surface area contributed by atoms with Crippen LogP contribution >= 0.6 is 0 Å². The monoisotopic (exact) mass is 251 g/mol. The third kappa shape index (κ3) is 2.08. The number of anilines is 1. The number of hydrazone groups is 1. The van der Waals surface area contributed by atoms with Crippen LogP contribution < -0.4 is 5.32 Å². The molecule has 0 fully saturated rings. The van der Waals surface area contributed by atoms with E-state index in [1.807, 2.05) is 54.6 Å². The summed E-state index contributed by atoms with van der Waals surface area (Å²) in [6.45, 7) is 0. The van der Waals surface area contributed by atoms with E-state index in [0.717, 1.165) is 22.5 Å². The van der Waals surface area contributed by atoms with E-state index >= 15 is 0 Å². The fraction of sp³-hybridized carbons (Fsp3) is 0.0667. The topological polar surface area (TPSA) is 44.7 Å². The van der Waals surface area contributed by atoms with Crippen LogP contribution in [0, 0.1) is 0 Å². The van der Waals surface area contributed by atoms with Gasteiger partial charge in [-0.25, -0.2) is 9.80 Å². The minimum absolute atomic E-state index is 0.238. The maximum atomic E-state index is 11.9. The number of nitrogens with one attached hydrogen (secondary N) is 1. The van der Waals surface area contributed by atoms with Crippen molar-refractivity contribution in [3.05, 3.63) is 65.7 Å². The molecule has 0 bridgehead atoms. The summed E-state index contributed by atoms with van der Waals surface area (Å²) in [6.07, 6.45) is 0. The first-order valence-corrected chi connectivity index (χ1v) is 6.04. The van der Waals surface area contributed by atoms with E-state index in [2.05, 4.69) is 10.4 Å². The molecule has 1 heterocycles. The summed E-state index contributed by atoms with van der Waals surface area (Å²) in [5.74, 6) is 0. The van der Waals surface area contributed by atoms with Crippen LogP contribution in [0.3, 0.4) is 0 Å². The summed E-state index contributed by atoms with van der Waals surface area (Å²) in [5, 5.41) is 8.57. The highest BCUT2D eigenvalue weighted by atomic mass is 16.2. The van der Waals surface area contributed by atoms with Gasteiger partial charge in [0.1, 0.15) is 5.71 Å². The first-order valence-electron chi connectivity index (χ1n) is 6.04. The van der Waals surface area contributed by atoms with Crippen molar-refractivity contribution >= 4 is 17.4 Å². The van der Waals surface area contributed by atoms with Crippen LogP contribution in [0.25, 0.3) is 0 Å². The molecule has 0 aliphatic carbocycles. The van der Waals surface area contributed by atoms with Gasteiger partial charge in [-0.05, 0) is 6.07 Å². The number of urea groups is 1. The molecule has 1 N–H and O–H groups in total. The van der Waals surface area contributed by atoms with Gasteiger partial charge >= 0.3 is 6.03 Å². The third-order valence-electron chi connectivity index (χ3n) is 3.01. The highest BCUT2D eigenvalue weighted by Crippen LogP contribution is 2.23. The van der Waals surface area contributed by atoms with Gasteiger partial charge in [0, 0.05) is 18.2 Å². The SMILES string of the molecule is CN1N=C(c2ccccc2)c2ccccc2NC1=O. The fourth-order valence-electron chi connectivity index (χ4n) is 2.05. The van der Waals surface area contributed by atoms with Gasteiger partial charge in [-0.15, -0.1) is 0 Å². The summed E-state index contributed by atoms with van der Waals surface area (Å²) in [6, 6.07) is 17.3.